The Morgan fingerprint density at radius 3 is 2.68 bits per heavy atom. The molecule has 0 spiro atoms. The van der Waals surface area contributed by atoms with Gasteiger partial charge in [-0.2, -0.15) is 0 Å². The molecule has 0 bridgehead atoms. The molecule has 0 aliphatic heterocycles. The number of thiophene rings is 1. The Labute approximate surface area is 180 Å². The van der Waals surface area contributed by atoms with Crippen molar-refractivity contribution in [3.05, 3.63) is 59.3 Å². The van der Waals surface area contributed by atoms with Gasteiger partial charge in [0.25, 0.3) is 12.0 Å². The van der Waals surface area contributed by atoms with E-state index in [0.717, 1.165) is 42.5 Å². The van der Waals surface area contributed by atoms with Gasteiger partial charge in [-0.1, -0.05) is 6.92 Å². The molecule has 166 valence electrons. The molecule has 3 aliphatic carbocycles. The Kier molecular flexibility index (Phi) is 5.01. The monoisotopic (exact) mass is 452 g/mol. The lowest BCUT2D eigenvalue weighted by molar-refractivity contribution is 0.209. The van der Waals surface area contributed by atoms with Gasteiger partial charge in [-0.25, -0.2) is 18.0 Å². The maximum atomic E-state index is 15.7. The first kappa shape index (κ1) is 20.8. The Morgan fingerprint density at radius 1 is 1.29 bits per heavy atom. The Hall–Kier alpha value is -2.13. The van der Waals surface area contributed by atoms with Crippen LogP contribution in [0.5, 0.6) is 0 Å². The van der Waals surface area contributed by atoms with Crippen LogP contribution in [0.2, 0.25) is 0 Å². The van der Waals surface area contributed by atoms with Gasteiger partial charge in [0.2, 0.25) is 0 Å². The zero-order valence-electron chi connectivity index (χ0n) is 17.0. The number of allylic oxidation sites excluding steroid dienone is 2. The Bertz CT molecular complexity index is 1190. The molecule has 31 heavy (non-hydrogen) atoms. The fraction of sp³-hybridized carbons (Fsp3) is 0.545. The summed E-state index contributed by atoms with van der Waals surface area (Å²) in [4.78, 5) is 28.9. The van der Waals surface area contributed by atoms with Crippen LogP contribution in [0, 0.1) is 0 Å². The number of halogens is 3. The number of hydrogen-bond donors (Lipinski definition) is 2. The number of nitrogens with one attached hydrogen (secondary N) is 1. The molecule has 2 heterocycles. The third kappa shape index (κ3) is 3.16. The van der Waals surface area contributed by atoms with Crippen LogP contribution >= 0.6 is 11.3 Å². The molecule has 2 aromatic rings. The topological polar surface area (TPSA) is 75.1 Å². The number of hydrogen-bond acceptors (Lipinski definition) is 4. The maximum absolute atomic E-state index is 15.7. The molecule has 0 amide bonds. The highest BCUT2D eigenvalue weighted by atomic mass is 32.1. The van der Waals surface area contributed by atoms with Gasteiger partial charge >= 0.3 is 5.69 Å². The van der Waals surface area contributed by atoms with Crippen molar-refractivity contribution in [1.29, 1.82) is 0 Å². The summed E-state index contributed by atoms with van der Waals surface area (Å²) in [5.74, 6) is -2.67. The van der Waals surface area contributed by atoms with Crippen LogP contribution in [-0.4, -0.2) is 27.7 Å². The van der Waals surface area contributed by atoms with Crippen molar-refractivity contribution < 1.29 is 18.3 Å². The van der Waals surface area contributed by atoms with Crippen molar-refractivity contribution >= 4 is 16.9 Å². The molecule has 2 N–H and O–H groups in total. The van der Waals surface area contributed by atoms with Crippen LogP contribution in [0.1, 0.15) is 83.0 Å². The second kappa shape index (κ2) is 7.48. The molecule has 3 atom stereocenters. The van der Waals surface area contributed by atoms with Crippen LogP contribution in [0.25, 0.3) is 5.57 Å². The molecular weight excluding hydrogens is 429 g/mol. The number of aromatic amines is 1. The smallest absolute Gasteiger partial charge is 0.328 e. The van der Waals surface area contributed by atoms with Crippen molar-refractivity contribution in [2.45, 2.75) is 69.2 Å². The number of aryl methyl sites for hydroxylation is 1. The normalized spacial score (nSPS) is 25.7. The van der Waals surface area contributed by atoms with Crippen molar-refractivity contribution in [3.63, 3.8) is 0 Å². The third-order valence-electron chi connectivity index (χ3n) is 6.83. The van der Waals surface area contributed by atoms with E-state index in [1.165, 1.54) is 15.9 Å². The average molecular weight is 452 g/mol. The number of alkyl halides is 2. The highest BCUT2D eigenvalue weighted by Crippen LogP contribution is 2.53. The van der Waals surface area contributed by atoms with E-state index in [1.54, 1.807) is 6.92 Å². The zero-order valence-corrected chi connectivity index (χ0v) is 17.8. The van der Waals surface area contributed by atoms with Gasteiger partial charge in [0.05, 0.1) is 17.1 Å². The molecule has 9 heteroatoms. The first-order valence-electron chi connectivity index (χ1n) is 10.6. The van der Waals surface area contributed by atoms with Gasteiger partial charge in [-0.05, 0) is 43.7 Å². The molecular formula is C22H23F3N2O3S. The lowest BCUT2D eigenvalue weighted by Crippen LogP contribution is -2.39. The molecule has 2 aromatic heterocycles. The summed E-state index contributed by atoms with van der Waals surface area (Å²) in [5.41, 5.74) is -1.71. The predicted octanol–water partition coefficient (Wildman–Crippen LogP) is 4.19. The maximum Gasteiger partial charge on any atom is 0.328 e. The van der Waals surface area contributed by atoms with Gasteiger partial charge in [0.1, 0.15) is 5.83 Å². The number of aliphatic hydroxyl groups excluding tert-OH is 1. The van der Waals surface area contributed by atoms with E-state index in [-0.39, 0.29) is 24.3 Å². The van der Waals surface area contributed by atoms with Gasteiger partial charge in [-0.15, -0.1) is 11.3 Å². The standard InChI is InChI=1S/C22H23F3N2O3S/c1-9-15(14-7-12-10(8-28)3-2-4-13(12)31-14)18(23)16(20(24)25)17-19(9)27(11-5-6-11)22(30)26-21(17)29/h7,9-11,15,20,28H,2-6,8H2,1H3,(H,26,29,30). The summed E-state index contributed by atoms with van der Waals surface area (Å²) in [5, 5.41) is 9.72. The van der Waals surface area contributed by atoms with E-state index in [9.17, 15) is 23.5 Å². The summed E-state index contributed by atoms with van der Waals surface area (Å²) in [6, 6.07) is 1.68. The number of aliphatic hydroxyl groups is 1. The molecule has 0 radical (unpaired) electrons. The number of fused-ring (bicyclic) bond motifs is 2. The summed E-state index contributed by atoms with van der Waals surface area (Å²) in [6.45, 7) is 1.69. The van der Waals surface area contributed by atoms with Crippen molar-refractivity contribution in [1.82, 2.24) is 9.55 Å². The van der Waals surface area contributed by atoms with E-state index in [4.69, 9.17) is 0 Å². The molecule has 3 aliphatic rings. The second-order valence-corrected chi connectivity index (χ2v) is 9.92. The highest BCUT2D eigenvalue weighted by molar-refractivity contribution is 7.12. The van der Waals surface area contributed by atoms with Gasteiger partial charge in [0, 0.05) is 39.9 Å². The van der Waals surface area contributed by atoms with Gasteiger partial charge in [-0.3, -0.25) is 14.3 Å². The predicted molar refractivity (Wildman–Crippen MR) is 112 cm³/mol. The fourth-order valence-electron chi connectivity index (χ4n) is 5.23. The quantitative estimate of drug-likeness (QED) is 0.731. The van der Waals surface area contributed by atoms with E-state index in [2.05, 4.69) is 4.98 Å². The van der Waals surface area contributed by atoms with Crippen LogP contribution in [0.3, 0.4) is 0 Å². The minimum absolute atomic E-state index is 0.0105. The second-order valence-electron chi connectivity index (χ2n) is 8.75. The van der Waals surface area contributed by atoms with Crippen LogP contribution < -0.4 is 11.2 Å². The fourth-order valence-corrected chi connectivity index (χ4v) is 6.73. The van der Waals surface area contributed by atoms with E-state index in [0.29, 0.717) is 4.88 Å². The number of rotatable bonds is 4. The minimum Gasteiger partial charge on any atom is -0.396 e. The Balaban J connectivity index is 1.74. The van der Waals surface area contributed by atoms with Crippen LogP contribution in [-0.2, 0) is 6.42 Å². The van der Waals surface area contributed by atoms with Crippen LogP contribution in [0.4, 0.5) is 13.2 Å². The van der Waals surface area contributed by atoms with Crippen molar-refractivity contribution in [2.24, 2.45) is 0 Å². The lowest BCUT2D eigenvalue weighted by Gasteiger charge is -2.32. The number of aromatic nitrogens is 2. The van der Waals surface area contributed by atoms with E-state index >= 15 is 4.39 Å². The molecule has 3 unspecified atom stereocenters. The summed E-state index contributed by atoms with van der Waals surface area (Å²) in [7, 11) is 0. The van der Waals surface area contributed by atoms with E-state index < -0.39 is 46.5 Å². The molecule has 1 fully saturated rings. The number of nitrogens with zero attached hydrogens (tertiary/aromatic N) is 1. The summed E-state index contributed by atoms with van der Waals surface area (Å²) >= 11 is 1.39. The molecule has 1 saturated carbocycles. The summed E-state index contributed by atoms with van der Waals surface area (Å²) < 4.78 is 45.2. The molecule has 0 saturated heterocycles. The number of H-pyrrole nitrogens is 1. The Morgan fingerprint density at radius 2 is 2.03 bits per heavy atom. The van der Waals surface area contributed by atoms with E-state index in [1.807, 2.05) is 6.07 Å². The highest BCUT2D eigenvalue weighted by Gasteiger charge is 2.44. The minimum atomic E-state index is -3.18. The van der Waals surface area contributed by atoms with Gasteiger partial charge in [0.15, 0.2) is 0 Å². The molecule has 5 nitrogen and oxygen atoms in total. The summed E-state index contributed by atoms with van der Waals surface area (Å²) in [6.07, 6.45) is 0.820. The average Bonchev–Trinajstić information content (AvgIpc) is 3.46. The van der Waals surface area contributed by atoms with Crippen molar-refractivity contribution in [3.8, 4) is 0 Å². The SMILES string of the molecule is CC1c2c(c(=O)[nH]c(=O)n2C2CC2)C(C(F)F)=C(F)C1c1cc2c(s1)CCCC2CO. The van der Waals surface area contributed by atoms with Crippen molar-refractivity contribution in [2.75, 3.05) is 6.61 Å². The molecule has 0 aromatic carbocycles. The largest absolute Gasteiger partial charge is 0.396 e. The van der Waals surface area contributed by atoms with Crippen LogP contribution in [0.15, 0.2) is 21.5 Å². The van der Waals surface area contributed by atoms with Gasteiger partial charge < -0.3 is 5.11 Å². The first-order valence-corrected chi connectivity index (χ1v) is 11.4. The lowest BCUT2D eigenvalue weighted by atomic mass is 9.77. The molecule has 5 rings (SSSR count). The third-order valence-corrected chi connectivity index (χ3v) is 8.12. The zero-order chi connectivity index (χ0) is 22.0. The first-order chi connectivity index (χ1) is 14.8.